The van der Waals surface area contributed by atoms with Crippen molar-refractivity contribution in [3.05, 3.63) is 89.5 Å². The Bertz CT molecular complexity index is 1040. The molecule has 6 heteroatoms. The van der Waals surface area contributed by atoms with Crippen LogP contribution in [0.15, 0.2) is 82.0 Å². The van der Waals surface area contributed by atoms with Gasteiger partial charge in [-0.2, -0.15) is 0 Å². The number of nitrogens with zero attached hydrogens (tertiary/aromatic N) is 1. The second-order valence-corrected chi connectivity index (χ2v) is 6.00. The Labute approximate surface area is 161 Å². The van der Waals surface area contributed by atoms with Gasteiger partial charge in [0.15, 0.2) is 23.0 Å². The molecule has 0 N–H and O–H groups in total. The molecule has 0 saturated heterocycles. The first-order chi connectivity index (χ1) is 13.7. The van der Waals surface area contributed by atoms with Crippen LogP contribution in [0.25, 0.3) is 6.08 Å². The molecule has 1 aliphatic rings. The minimum Gasteiger partial charge on any atom is -0.493 e. The minimum absolute atomic E-state index is 0.149. The third-order valence-corrected chi connectivity index (χ3v) is 4.08. The lowest BCUT2D eigenvalue weighted by Crippen LogP contribution is -2.04. The average Bonchev–Trinajstić information content (AvgIpc) is 3.38. The number of cyclic esters (lactones) is 1. The Hall–Kier alpha value is -3.80. The van der Waals surface area contributed by atoms with Gasteiger partial charge in [0.1, 0.15) is 6.61 Å². The number of carbonyl (C=O) groups is 1. The number of rotatable bonds is 6. The van der Waals surface area contributed by atoms with Gasteiger partial charge in [0.25, 0.3) is 5.90 Å². The highest BCUT2D eigenvalue weighted by molar-refractivity contribution is 6.11. The van der Waals surface area contributed by atoms with Crippen molar-refractivity contribution in [2.75, 3.05) is 7.11 Å². The van der Waals surface area contributed by atoms with Crippen molar-refractivity contribution in [1.29, 1.82) is 0 Å². The molecule has 0 amide bonds. The lowest BCUT2D eigenvalue weighted by molar-refractivity contribution is -0.130. The molecular formula is C22H17NO5. The van der Waals surface area contributed by atoms with E-state index >= 15 is 0 Å². The monoisotopic (exact) mass is 375 g/mol. The molecule has 0 unspecified atom stereocenters. The fraction of sp³-hybridized carbons (Fsp3) is 0.0909. The lowest BCUT2D eigenvalue weighted by atomic mass is 10.1. The highest BCUT2D eigenvalue weighted by Gasteiger charge is 2.25. The fourth-order valence-corrected chi connectivity index (χ4v) is 2.70. The van der Waals surface area contributed by atoms with Crippen LogP contribution in [0.1, 0.15) is 16.9 Å². The van der Waals surface area contributed by atoms with Crippen molar-refractivity contribution in [1.82, 2.24) is 0 Å². The first-order valence-corrected chi connectivity index (χ1v) is 8.64. The highest BCUT2D eigenvalue weighted by Crippen LogP contribution is 2.30. The first-order valence-electron chi connectivity index (χ1n) is 8.64. The van der Waals surface area contributed by atoms with Gasteiger partial charge >= 0.3 is 5.97 Å². The zero-order valence-corrected chi connectivity index (χ0v) is 15.1. The van der Waals surface area contributed by atoms with Gasteiger partial charge in [-0.05, 0) is 41.5 Å². The molecule has 1 aromatic heterocycles. The van der Waals surface area contributed by atoms with Crippen molar-refractivity contribution >= 4 is 17.9 Å². The molecule has 0 fully saturated rings. The van der Waals surface area contributed by atoms with Crippen LogP contribution in [0.5, 0.6) is 11.5 Å². The Morgan fingerprint density at radius 2 is 1.89 bits per heavy atom. The van der Waals surface area contributed by atoms with Gasteiger partial charge in [0.2, 0.25) is 0 Å². The standard InChI is InChI=1S/C22H17NO5/c1-25-20-13-16(9-10-18(20)27-14-15-6-3-2-4-7-15)12-17-22(24)28-21(23-17)19-8-5-11-26-19/h2-13H,14H2,1H3/b17-12-. The Morgan fingerprint density at radius 3 is 2.64 bits per heavy atom. The van der Waals surface area contributed by atoms with E-state index in [9.17, 15) is 4.79 Å². The molecule has 0 saturated carbocycles. The van der Waals surface area contributed by atoms with Crippen LogP contribution in [0.4, 0.5) is 0 Å². The van der Waals surface area contributed by atoms with Crippen LogP contribution < -0.4 is 9.47 Å². The summed E-state index contributed by atoms with van der Waals surface area (Å²) in [5, 5.41) is 0. The normalized spacial score (nSPS) is 14.7. The van der Waals surface area contributed by atoms with E-state index in [1.165, 1.54) is 6.26 Å². The Balaban J connectivity index is 1.54. The van der Waals surface area contributed by atoms with E-state index in [-0.39, 0.29) is 11.6 Å². The molecule has 0 spiro atoms. The second-order valence-electron chi connectivity index (χ2n) is 6.00. The van der Waals surface area contributed by atoms with Gasteiger partial charge < -0.3 is 18.6 Å². The maximum atomic E-state index is 12.1. The van der Waals surface area contributed by atoms with Crippen molar-refractivity contribution in [3.8, 4) is 11.5 Å². The number of hydrogen-bond acceptors (Lipinski definition) is 6. The molecule has 140 valence electrons. The number of esters is 1. The van der Waals surface area contributed by atoms with Crippen LogP contribution in [0, 0.1) is 0 Å². The van der Waals surface area contributed by atoms with Crippen LogP contribution in [-0.4, -0.2) is 19.0 Å². The third-order valence-electron chi connectivity index (χ3n) is 4.08. The number of methoxy groups -OCH3 is 1. The quantitative estimate of drug-likeness (QED) is 0.477. The predicted octanol–water partition coefficient (Wildman–Crippen LogP) is 4.21. The van der Waals surface area contributed by atoms with E-state index in [1.54, 1.807) is 37.5 Å². The summed E-state index contributed by atoms with van der Waals surface area (Å²) in [6.45, 7) is 0.431. The zero-order chi connectivity index (χ0) is 19.3. The van der Waals surface area contributed by atoms with Gasteiger partial charge in [-0.3, -0.25) is 0 Å². The first kappa shape index (κ1) is 17.6. The summed E-state index contributed by atoms with van der Waals surface area (Å²) in [6.07, 6.45) is 3.12. The van der Waals surface area contributed by atoms with Crippen LogP contribution in [0.3, 0.4) is 0 Å². The molecule has 0 atom stereocenters. The van der Waals surface area contributed by atoms with Gasteiger partial charge in [-0.15, -0.1) is 0 Å². The van der Waals surface area contributed by atoms with Crippen molar-refractivity contribution < 1.29 is 23.4 Å². The van der Waals surface area contributed by atoms with Gasteiger partial charge in [0, 0.05) is 0 Å². The van der Waals surface area contributed by atoms with E-state index < -0.39 is 5.97 Å². The molecule has 4 rings (SSSR count). The molecule has 0 radical (unpaired) electrons. The van der Waals surface area contributed by atoms with E-state index in [1.807, 2.05) is 36.4 Å². The summed E-state index contributed by atoms with van der Waals surface area (Å²) in [5.41, 5.74) is 1.98. The predicted molar refractivity (Wildman–Crippen MR) is 103 cm³/mol. The molecule has 0 bridgehead atoms. The summed E-state index contributed by atoms with van der Waals surface area (Å²) in [5.74, 6) is 1.19. The maximum Gasteiger partial charge on any atom is 0.363 e. The summed E-state index contributed by atoms with van der Waals surface area (Å²) in [7, 11) is 1.57. The zero-order valence-electron chi connectivity index (χ0n) is 15.1. The van der Waals surface area contributed by atoms with E-state index in [0.29, 0.717) is 23.9 Å². The number of aliphatic imine (C=N–C) groups is 1. The van der Waals surface area contributed by atoms with Crippen LogP contribution in [-0.2, 0) is 16.1 Å². The molecule has 2 aromatic carbocycles. The molecule has 1 aliphatic heterocycles. The van der Waals surface area contributed by atoms with Crippen LogP contribution in [0.2, 0.25) is 0 Å². The highest BCUT2D eigenvalue weighted by atomic mass is 16.6. The summed E-state index contributed by atoms with van der Waals surface area (Å²) < 4.78 is 21.6. The number of hydrogen-bond donors (Lipinski definition) is 0. The second kappa shape index (κ2) is 7.84. The number of benzene rings is 2. The molecule has 2 heterocycles. The average molecular weight is 375 g/mol. The van der Waals surface area contributed by atoms with E-state index in [4.69, 9.17) is 18.6 Å². The maximum absolute atomic E-state index is 12.1. The number of ether oxygens (including phenoxy) is 3. The Kier molecular flexibility index (Phi) is 4.93. The fourth-order valence-electron chi connectivity index (χ4n) is 2.70. The van der Waals surface area contributed by atoms with Gasteiger partial charge in [0.05, 0.1) is 13.4 Å². The smallest absolute Gasteiger partial charge is 0.363 e. The van der Waals surface area contributed by atoms with Crippen molar-refractivity contribution in [2.24, 2.45) is 4.99 Å². The molecule has 0 aliphatic carbocycles. The molecule has 6 nitrogen and oxygen atoms in total. The van der Waals surface area contributed by atoms with Crippen molar-refractivity contribution in [3.63, 3.8) is 0 Å². The third kappa shape index (κ3) is 3.81. The molecule has 28 heavy (non-hydrogen) atoms. The van der Waals surface area contributed by atoms with Crippen LogP contribution >= 0.6 is 0 Å². The van der Waals surface area contributed by atoms with E-state index in [0.717, 1.165) is 11.1 Å². The number of carbonyl (C=O) groups excluding carboxylic acids is 1. The molecular weight excluding hydrogens is 358 g/mol. The topological polar surface area (TPSA) is 70.3 Å². The van der Waals surface area contributed by atoms with Gasteiger partial charge in [-0.25, -0.2) is 9.79 Å². The largest absolute Gasteiger partial charge is 0.493 e. The Morgan fingerprint density at radius 1 is 1.04 bits per heavy atom. The summed E-state index contributed by atoms with van der Waals surface area (Å²) in [4.78, 5) is 16.3. The number of furan rings is 1. The van der Waals surface area contributed by atoms with Gasteiger partial charge in [-0.1, -0.05) is 36.4 Å². The SMILES string of the molecule is COc1cc(/C=C2\N=C(c3ccco3)OC2=O)ccc1OCc1ccccc1. The summed E-state index contributed by atoms with van der Waals surface area (Å²) >= 11 is 0. The minimum atomic E-state index is -0.533. The summed E-state index contributed by atoms with van der Waals surface area (Å²) in [6, 6.07) is 18.6. The van der Waals surface area contributed by atoms with E-state index in [2.05, 4.69) is 4.99 Å². The van der Waals surface area contributed by atoms with Crippen molar-refractivity contribution in [2.45, 2.75) is 6.61 Å². The lowest BCUT2D eigenvalue weighted by Gasteiger charge is -2.11. The molecule has 3 aromatic rings.